The topological polar surface area (TPSA) is 20.2 Å². The van der Waals surface area contributed by atoms with E-state index >= 15 is 0 Å². The third-order valence-electron chi connectivity index (χ3n) is 2.15. The minimum atomic E-state index is -0.262. The lowest BCUT2D eigenvalue weighted by Gasteiger charge is -2.13. The summed E-state index contributed by atoms with van der Waals surface area (Å²) in [5.41, 5.74) is 0.173. The van der Waals surface area contributed by atoms with Crippen molar-refractivity contribution in [2.75, 3.05) is 0 Å². The average Bonchev–Trinajstić information content (AvgIpc) is 2.50. The van der Waals surface area contributed by atoms with Gasteiger partial charge < -0.3 is 5.11 Å². The quantitative estimate of drug-likeness (QED) is 0.548. The smallest absolute Gasteiger partial charge is 0.0702 e. The normalized spacial score (nSPS) is 24.6. The van der Waals surface area contributed by atoms with E-state index in [0.717, 1.165) is 12.8 Å². The van der Waals surface area contributed by atoms with E-state index in [4.69, 9.17) is 6.42 Å². The van der Waals surface area contributed by atoms with Crippen molar-refractivity contribution in [3.8, 4) is 12.3 Å². The summed E-state index contributed by atoms with van der Waals surface area (Å²) in [7, 11) is 0. The van der Waals surface area contributed by atoms with Gasteiger partial charge in [0.15, 0.2) is 0 Å². The molecule has 0 aromatic heterocycles. The lowest BCUT2D eigenvalue weighted by molar-refractivity contribution is 0.108. The van der Waals surface area contributed by atoms with E-state index in [-0.39, 0.29) is 11.5 Å². The summed E-state index contributed by atoms with van der Waals surface area (Å²) < 4.78 is 0. The monoisotopic (exact) mass is 124 g/mol. The first-order chi connectivity index (χ1) is 4.19. The standard InChI is InChI=1S/C8H12O/c1-3-4-7(9)8(2)5-6-8/h1,7,9H,4-6H2,2H3. The zero-order valence-electron chi connectivity index (χ0n) is 5.72. The molecule has 0 aromatic rings. The number of terminal acetylenes is 1. The van der Waals surface area contributed by atoms with Gasteiger partial charge in [0.2, 0.25) is 0 Å². The zero-order valence-corrected chi connectivity index (χ0v) is 5.72. The molecule has 50 valence electrons. The summed E-state index contributed by atoms with van der Waals surface area (Å²) in [6.45, 7) is 2.08. The molecule has 0 saturated heterocycles. The predicted octanol–water partition coefficient (Wildman–Crippen LogP) is 1.17. The highest BCUT2D eigenvalue weighted by Crippen LogP contribution is 2.48. The highest BCUT2D eigenvalue weighted by molar-refractivity contribution is 5.00. The van der Waals surface area contributed by atoms with Crippen molar-refractivity contribution >= 4 is 0 Å². The molecule has 9 heavy (non-hydrogen) atoms. The van der Waals surface area contributed by atoms with Gasteiger partial charge in [-0.1, -0.05) is 6.92 Å². The van der Waals surface area contributed by atoms with Crippen LogP contribution in [0.3, 0.4) is 0 Å². The van der Waals surface area contributed by atoms with Crippen LogP contribution >= 0.6 is 0 Å². The molecular formula is C8H12O. The first-order valence-electron chi connectivity index (χ1n) is 3.30. The number of hydrogen-bond donors (Lipinski definition) is 1. The van der Waals surface area contributed by atoms with Crippen molar-refractivity contribution in [2.24, 2.45) is 5.41 Å². The first kappa shape index (κ1) is 6.64. The summed E-state index contributed by atoms with van der Waals surface area (Å²) in [6.07, 6.45) is 7.56. The largest absolute Gasteiger partial charge is 0.392 e. The summed E-state index contributed by atoms with van der Waals surface area (Å²) in [5.74, 6) is 2.46. The Morgan fingerprint density at radius 1 is 1.78 bits per heavy atom. The van der Waals surface area contributed by atoms with Crippen LogP contribution in [-0.2, 0) is 0 Å². The van der Waals surface area contributed by atoms with Crippen LogP contribution in [0.5, 0.6) is 0 Å². The third kappa shape index (κ3) is 1.25. The molecule has 0 aromatic carbocycles. The van der Waals surface area contributed by atoms with E-state index in [1.54, 1.807) is 0 Å². The lowest BCUT2D eigenvalue weighted by Crippen LogP contribution is -2.17. The highest BCUT2D eigenvalue weighted by Gasteiger charge is 2.43. The van der Waals surface area contributed by atoms with Crippen molar-refractivity contribution in [3.05, 3.63) is 0 Å². The molecule has 1 unspecified atom stereocenters. The van der Waals surface area contributed by atoms with Crippen LogP contribution in [0.15, 0.2) is 0 Å². The summed E-state index contributed by atoms with van der Waals surface area (Å²) in [4.78, 5) is 0. The molecule has 0 aliphatic heterocycles. The molecular weight excluding hydrogens is 112 g/mol. The van der Waals surface area contributed by atoms with Crippen LogP contribution in [0.4, 0.5) is 0 Å². The fraction of sp³-hybridized carbons (Fsp3) is 0.750. The lowest BCUT2D eigenvalue weighted by atomic mass is 10.00. The van der Waals surface area contributed by atoms with Gasteiger partial charge >= 0.3 is 0 Å². The first-order valence-corrected chi connectivity index (χ1v) is 3.30. The molecule has 0 bridgehead atoms. The summed E-state index contributed by atoms with van der Waals surface area (Å²) in [5, 5.41) is 9.31. The molecule has 1 nitrogen and oxygen atoms in total. The Morgan fingerprint density at radius 2 is 2.33 bits per heavy atom. The van der Waals surface area contributed by atoms with Crippen molar-refractivity contribution in [2.45, 2.75) is 32.3 Å². The average molecular weight is 124 g/mol. The van der Waals surface area contributed by atoms with Crippen molar-refractivity contribution in [3.63, 3.8) is 0 Å². The second kappa shape index (κ2) is 2.04. The van der Waals surface area contributed by atoms with Gasteiger partial charge in [0.05, 0.1) is 6.10 Å². The van der Waals surface area contributed by atoms with Crippen molar-refractivity contribution in [1.82, 2.24) is 0 Å². The number of aliphatic hydroxyl groups excluding tert-OH is 1. The van der Waals surface area contributed by atoms with Gasteiger partial charge in [-0.3, -0.25) is 0 Å². The Kier molecular flexibility index (Phi) is 1.50. The van der Waals surface area contributed by atoms with Gasteiger partial charge in [0.1, 0.15) is 0 Å². The Bertz CT molecular complexity index is 139. The van der Waals surface area contributed by atoms with E-state index in [1.807, 2.05) is 0 Å². The Labute approximate surface area is 56.1 Å². The van der Waals surface area contributed by atoms with Gasteiger partial charge in [-0.05, 0) is 18.3 Å². The molecule has 1 rings (SSSR count). The van der Waals surface area contributed by atoms with Crippen LogP contribution in [0.25, 0.3) is 0 Å². The summed E-state index contributed by atoms with van der Waals surface area (Å²) >= 11 is 0. The maximum absolute atomic E-state index is 9.31. The van der Waals surface area contributed by atoms with Gasteiger partial charge in [0.25, 0.3) is 0 Å². The fourth-order valence-corrected chi connectivity index (χ4v) is 0.888. The van der Waals surface area contributed by atoms with Gasteiger partial charge in [0, 0.05) is 6.42 Å². The maximum Gasteiger partial charge on any atom is 0.0702 e. The second-order valence-electron chi connectivity index (χ2n) is 3.08. The van der Waals surface area contributed by atoms with E-state index < -0.39 is 0 Å². The molecule has 1 heteroatoms. The van der Waals surface area contributed by atoms with Gasteiger partial charge in [-0.2, -0.15) is 0 Å². The molecule has 1 atom stereocenters. The zero-order chi connectivity index (χ0) is 6.91. The van der Waals surface area contributed by atoms with E-state index in [2.05, 4.69) is 12.8 Å². The molecule has 0 radical (unpaired) electrons. The molecule has 0 spiro atoms. The SMILES string of the molecule is C#CCC(O)C1(C)CC1. The van der Waals surface area contributed by atoms with Crippen LogP contribution in [0.2, 0.25) is 0 Å². The highest BCUT2D eigenvalue weighted by atomic mass is 16.3. The number of rotatable bonds is 2. The molecule has 0 amide bonds. The minimum absolute atomic E-state index is 0.173. The Balaban J connectivity index is 2.35. The van der Waals surface area contributed by atoms with E-state index in [1.165, 1.54) is 0 Å². The predicted molar refractivity (Wildman–Crippen MR) is 36.8 cm³/mol. The molecule has 0 heterocycles. The maximum atomic E-state index is 9.31. The van der Waals surface area contributed by atoms with Crippen molar-refractivity contribution in [1.29, 1.82) is 0 Å². The fourth-order valence-electron chi connectivity index (χ4n) is 0.888. The summed E-state index contributed by atoms with van der Waals surface area (Å²) in [6, 6.07) is 0. The molecule has 1 saturated carbocycles. The number of aliphatic hydroxyl groups is 1. The van der Waals surface area contributed by atoms with E-state index in [0.29, 0.717) is 6.42 Å². The molecule has 1 N–H and O–H groups in total. The van der Waals surface area contributed by atoms with Gasteiger partial charge in [-0.25, -0.2) is 0 Å². The molecule has 1 fully saturated rings. The third-order valence-corrected chi connectivity index (χ3v) is 2.15. The molecule has 1 aliphatic carbocycles. The minimum Gasteiger partial charge on any atom is -0.392 e. The second-order valence-corrected chi connectivity index (χ2v) is 3.08. The van der Waals surface area contributed by atoms with Crippen LogP contribution in [-0.4, -0.2) is 11.2 Å². The Morgan fingerprint density at radius 3 is 2.67 bits per heavy atom. The number of hydrogen-bond acceptors (Lipinski definition) is 1. The van der Waals surface area contributed by atoms with Crippen LogP contribution in [0, 0.1) is 17.8 Å². The van der Waals surface area contributed by atoms with Crippen LogP contribution < -0.4 is 0 Å². The van der Waals surface area contributed by atoms with Crippen molar-refractivity contribution < 1.29 is 5.11 Å². The van der Waals surface area contributed by atoms with E-state index in [9.17, 15) is 5.11 Å². The van der Waals surface area contributed by atoms with Crippen LogP contribution in [0.1, 0.15) is 26.2 Å². The van der Waals surface area contributed by atoms with Gasteiger partial charge in [-0.15, -0.1) is 12.3 Å². The Hall–Kier alpha value is -0.480. The molecule has 1 aliphatic rings.